The Bertz CT molecular complexity index is 1120. The normalized spacial score (nSPS) is 11.2. The van der Waals surface area contributed by atoms with E-state index in [0.717, 1.165) is 16.7 Å². The second-order valence-corrected chi connectivity index (χ2v) is 6.50. The monoisotopic (exact) mass is 417 g/mol. The van der Waals surface area contributed by atoms with Crippen molar-refractivity contribution >= 4 is 11.6 Å². The predicted octanol–water partition coefficient (Wildman–Crippen LogP) is 3.88. The van der Waals surface area contributed by atoms with E-state index in [2.05, 4.69) is 10.3 Å². The molecule has 9 heteroatoms. The SMILES string of the molecule is COc1ccc(-c2nc(C)cc(=O)n2CC(=O)Nc2cccc(C(F)(F)F)c2)cc1. The molecule has 0 aliphatic carbocycles. The molecule has 1 aromatic heterocycles. The zero-order valence-electron chi connectivity index (χ0n) is 16.2. The van der Waals surface area contributed by atoms with E-state index < -0.39 is 29.8 Å². The summed E-state index contributed by atoms with van der Waals surface area (Å²) in [6, 6.07) is 12.3. The molecule has 1 amide bonds. The van der Waals surface area contributed by atoms with Gasteiger partial charge in [-0.3, -0.25) is 14.2 Å². The van der Waals surface area contributed by atoms with Crippen molar-refractivity contribution < 1.29 is 22.7 Å². The van der Waals surface area contributed by atoms with Crippen LogP contribution in [-0.2, 0) is 17.5 Å². The Morgan fingerprint density at radius 3 is 2.47 bits per heavy atom. The van der Waals surface area contributed by atoms with Gasteiger partial charge in [-0.1, -0.05) is 6.07 Å². The Labute approximate surface area is 170 Å². The predicted molar refractivity (Wildman–Crippen MR) is 105 cm³/mol. The van der Waals surface area contributed by atoms with Crippen LogP contribution in [0.25, 0.3) is 11.4 Å². The van der Waals surface area contributed by atoms with Crippen LogP contribution >= 0.6 is 0 Å². The Morgan fingerprint density at radius 2 is 1.83 bits per heavy atom. The van der Waals surface area contributed by atoms with E-state index in [0.29, 0.717) is 17.0 Å². The van der Waals surface area contributed by atoms with Crippen molar-refractivity contribution in [3.63, 3.8) is 0 Å². The number of hydrogen-bond acceptors (Lipinski definition) is 4. The molecule has 3 aromatic rings. The molecule has 156 valence electrons. The lowest BCUT2D eigenvalue weighted by Gasteiger charge is -2.14. The summed E-state index contributed by atoms with van der Waals surface area (Å²) in [6.45, 7) is 1.24. The third-order valence-electron chi connectivity index (χ3n) is 4.26. The molecular weight excluding hydrogens is 399 g/mol. The van der Waals surface area contributed by atoms with Gasteiger partial charge < -0.3 is 10.1 Å². The van der Waals surface area contributed by atoms with Gasteiger partial charge in [0.25, 0.3) is 5.56 Å². The van der Waals surface area contributed by atoms with Crippen LogP contribution in [-0.4, -0.2) is 22.6 Å². The second kappa shape index (κ2) is 8.40. The van der Waals surface area contributed by atoms with E-state index in [4.69, 9.17) is 4.74 Å². The molecule has 0 fully saturated rings. The number of carbonyl (C=O) groups is 1. The maximum absolute atomic E-state index is 12.9. The van der Waals surface area contributed by atoms with Crippen molar-refractivity contribution in [1.82, 2.24) is 9.55 Å². The van der Waals surface area contributed by atoms with Crippen molar-refractivity contribution in [1.29, 1.82) is 0 Å². The van der Waals surface area contributed by atoms with Gasteiger partial charge in [-0.05, 0) is 49.4 Å². The van der Waals surface area contributed by atoms with E-state index in [1.165, 1.54) is 25.3 Å². The maximum atomic E-state index is 12.9. The number of benzene rings is 2. The van der Waals surface area contributed by atoms with Gasteiger partial charge in [0.1, 0.15) is 18.1 Å². The van der Waals surface area contributed by atoms with Gasteiger partial charge in [0.2, 0.25) is 5.91 Å². The molecule has 1 heterocycles. The van der Waals surface area contributed by atoms with Gasteiger partial charge in [-0.2, -0.15) is 13.2 Å². The summed E-state index contributed by atoms with van der Waals surface area (Å²) in [5.74, 6) is 0.223. The first-order valence-corrected chi connectivity index (χ1v) is 8.87. The fourth-order valence-electron chi connectivity index (χ4n) is 2.85. The van der Waals surface area contributed by atoms with E-state index >= 15 is 0 Å². The number of nitrogens with one attached hydrogen (secondary N) is 1. The second-order valence-electron chi connectivity index (χ2n) is 6.50. The van der Waals surface area contributed by atoms with Crippen LogP contribution in [0.4, 0.5) is 18.9 Å². The molecule has 1 N–H and O–H groups in total. The Balaban J connectivity index is 1.89. The van der Waals surface area contributed by atoms with E-state index in [1.807, 2.05) is 0 Å². The van der Waals surface area contributed by atoms with E-state index in [1.54, 1.807) is 31.2 Å². The molecule has 0 atom stereocenters. The third-order valence-corrected chi connectivity index (χ3v) is 4.26. The highest BCUT2D eigenvalue weighted by Gasteiger charge is 2.30. The first kappa shape index (κ1) is 21.1. The molecule has 0 spiro atoms. The number of rotatable bonds is 5. The van der Waals surface area contributed by atoms with Crippen LogP contribution in [0.2, 0.25) is 0 Å². The smallest absolute Gasteiger partial charge is 0.416 e. The Morgan fingerprint density at radius 1 is 1.13 bits per heavy atom. The number of alkyl halides is 3. The number of methoxy groups -OCH3 is 1. The molecule has 0 aliphatic heterocycles. The number of carbonyl (C=O) groups excluding carboxylic acids is 1. The molecule has 3 rings (SSSR count). The minimum absolute atomic E-state index is 0.0195. The van der Waals surface area contributed by atoms with E-state index in [-0.39, 0.29) is 11.5 Å². The quantitative estimate of drug-likeness (QED) is 0.684. The van der Waals surface area contributed by atoms with Crippen molar-refractivity contribution in [3.8, 4) is 17.1 Å². The number of aryl methyl sites for hydroxylation is 1. The highest BCUT2D eigenvalue weighted by Crippen LogP contribution is 2.30. The van der Waals surface area contributed by atoms with Crippen LogP contribution in [0.5, 0.6) is 5.75 Å². The van der Waals surface area contributed by atoms with Gasteiger partial charge in [0, 0.05) is 23.0 Å². The van der Waals surface area contributed by atoms with Gasteiger partial charge in [-0.15, -0.1) is 0 Å². The van der Waals surface area contributed by atoms with Crippen LogP contribution in [0.1, 0.15) is 11.3 Å². The van der Waals surface area contributed by atoms with Crippen molar-refractivity contribution in [2.75, 3.05) is 12.4 Å². The Kier molecular flexibility index (Phi) is 5.91. The highest BCUT2D eigenvalue weighted by atomic mass is 19.4. The van der Waals surface area contributed by atoms with Gasteiger partial charge in [0.15, 0.2) is 0 Å². The highest BCUT2D eigenvalue weighted by molar-refractivity contribution is 5.90. The molecule has 0 unspecified atom stereocenters. The average Bonchev–Trinajstić information content (AvgIpc) is 2.69. The van der Waals surface area contributed by atoms with Crippen LogP contribution in [0.3, 0.4) is 0 Å². The standard InChI is InChI=1S/C21H18F3N3O3/c1-13-10-19(29)27(20(25-13)14-6-8-17(30-2)9-7-14)12-18(28)26-16-5-3-4-15(11-16)21(22,23)24/h3-11H,12H2,1-2H3,(H,26,28). The maximum Gasteiger partial charge on any atom is 0.416 e. The van der Waals surface area contributed by atoms with Crippen molar-refractivity contribution in [3.05, 3.63) is 76.2 Å². The number of nitrogens with zero attached hydrogens (tertiary/aromatic N) is 2. The molecule has 6 nitrogen and oxygen atoms in total. The van der Waals surface area contributed by atoms with Crippen LogP contribution < -0.4 is 15.6 Å². The average molecular weight is 417 g/mol. The first-order chi connectivity index (χ1) is 14.2. The number of halogens is 3. The minimum atomic E-state index is -4.53. The van der Waals surface area contributed by atoms with Gasteiger partial charge >= 0.3 is 6.18 Å². The summed E-state index contributed by atoms with van der Waals surface area (Å²) >= 11 is 0. The molecule has 30 heavy (non-hydrogen) atoms. The van der Waals surface area contributed by atoms with Gasteiger partial charge in [-0.25, -0.2) is 4.98 Å². The molecule has 0 radical (unpaired) electrons. The summed E-state index contributed by atoms with van der Waals surface area (Å²) in [7, 11) is 1.52. The van der Waals surface area contributed by atoms with Crippen molar-refractivity contribution in [2.24, 2.45) is 0 Å². The summed E-state index contributed by atoms with van der Waals surface area (Å²) in [5, 5.41) is 2.40. The number of amides is 1. The van der Waals surface area contributed by atoms with Crippen molar-refractivity contribution in [2.45, 2.75) is 19.6 Å². The fourth-order valence-corrected chi connectivity index (χ4v) is 2.85. The lowest BCUT2D eigenvalue weighted by molar-refractivity contribution is -0.137. The number of anilines is 1. The third kappa shape index (κ3) is 4.86. The molecular formula is C21H18F3N3O3. The molecule has 0 saturated carbocycles. The molecule has 0 bridgehead atoms. The minimum Gasteiger partial charge on any atom is -0.497 e. The summed E-state index contributed by atoms with van der Waals surface area (Å²) in [5.41, 5.74) is -0.293. The molecule has 0 saturated heterocycles. The first-order valence-electron chi connectivity index (χ1n) is 8.87. The fraction of sp³-hybridized carbons (Fsp3) is 0.190. The van der Waals surface area contributed by atoms with Gasteiger partial charge in [0.05, 0.1) is 12.7 Å². The van der Waals surface area contributed by atoms with Crippen LogP contribution in [0.15, 0.2) is 59.4 Å². The molecule has 2 aromatic carbocycles. The van der Waals surface area contributed by atoms with E-state index in [9.17, 15) is 22.8 Å². The Hall–Kier alpha value is -3.62. The largest absolute Gasteiger partial charge is 0.497 e. The topological polar surface area (TPSA) is 73.2 Å². The number of hydrogen-bond donors (Lipinski definition) is 1. The molecule has 0 aliphatic rings. The van der Waals surface area contributed by atoms with Crippen LogP contribution in [0, 0.1) is 6.92 Å². The zero-order valence-corrected chi connectivity index (χ0v) is 16.2. The zero-order chi connectivity index (χ0) is 21.9. The lowest BCUT2D eigenvalue weighted by atomic mass is 10.2. The number of aromatic nitrogens is 2. The summed E-state index contributed by atoms with van der Waals surface area (Å²) in [4.78, 5) is 29.3. The lowest BCUT2D eigenvalue weighted by Crippen LogP contribution is -2.29. The number of ether oxygens (including phenoxy) is 1. The summed E-state index contributed by atoms with van der Waals surface area (Å²) < 4.78 is 44.9. The summed E-state index contributed by atoms with van der Waals surface area (Å²) in [6.07, 6.45) is -4.53.